The molecule has 0 saturated carbocycles. The molecule has 1 aliphatic rings. The predicted octanol–water partition coefficient (Wildman–Crippen LogP) is 0.974. The maximum Gasteiger partial charge on any atom is 0.203 e. The van der Waals surface area contributed by atoms with E-state index in [4.69, 9.17) is 0 Å². The number of hydrogen-bond donors (Lipinski definition) is 0. The molecule has 1 aromatic carbocycles. The smallest absolute Gasteiger partial charge is 0.203 e. The van der Waals surface area contributed by atoms with E-state index < -0.39 is 0 Å². The van der Waals surface area contributed by atoms with Gasteiger partial charge in [-0.25, -0.2) is 0 Å². The minimum Gasteiger partial charge on any atom is -0.857 e. The van der Waals surface area contributed by atoms with Crippen molar-refractivity contribution in [2.24, 2.45) is 5.10 Å². The van der Waals surface area contributed by atoms with Crippen molar-refractivity contribution in [2.75, 3.05) is 0 Å². The summed E-state index contributed by atoms with van der Waals surface area (Å²) in [5, 5.41) is 15.2. The van der Waals surface area contributed by atoms with Crippen LogP contribution in [0.5, 0.6) is 0 Å². The van der Waals surface area contributed by atoms with Crippen LogP contribution in [0.15, 0.2) is 35.4 Å². The van der Waals surface area contributed by atoms with E-state index in [1.807, 2.05) is 50.4 Å². The van der Waals surface area contributed by atoms with Gasteiger partial charge in [-0.15, -0.1) is 0 Å². The molecule has 2 rings (SSSR count). The summed E-state index contributed by atoms with van der Waals surface area (Å²) >= 11 is 0. The third kappa shape index (κ3) is 2.06. The van der Waals surface area contributed by atoms with Crippen molar-refractivity contribution >= 4 is 12.1 Å². The van der Waals surface area contributed by atoms with Crippen LogP contribution in [0, 0.1) is 0 Å². The van der Waals surface area contributed by atoms with E-state index in [0.717, 1.165) is 5.56 Å². The van der Waals surface area contributed by atoms with Crippen LogP contribution in [0.2, 0.25) is 0 Å². The first-order valence-electron chi connectivity index (χ1n) is 5.02. The molecule has 3 nitrogen and oxygen atoms in total. The first kappa shape index (κ1) is 9.90. The highest BCUT2D eigenvalue weighted by Gasteiger charge is 2.36. The number of hydrazone groups is 1. The molecule has 0 fully saturated rings. The summed E-state index contributed by atoms with van der Waals surface area (Å²) in [5.74, 6) is -0.0489. The predicted molar refractivity (Wildman–Crippen MR) is 58.0 cm³/mol. The molecule has 0 N–H and O–H groups in total. The van der Waals surface area contributed by atoms with Crippen LogP contribution in [-0.2, 0) is 0 Å². The average Bonchev–Trinajstić information content (AvgIpc) is 2.41. The zero-order valence-corrected chi connectivity index (χ0v) is 8.97. The average molecular weight is 202 g/mol. The second-order valence-corrected chi connectivity index (χ2v) is 4.37. The van der Waals surface area contributed by atoms with Crippen molar-refractivity contribution in [3.05, 3.63) is 35.9 Å². The van der Waals surface area contributed by atoms with Crippen LogP contribution < -0.4 is 5.11 Å². The summed E-state index contributed by atoms with van der Waals surface area (Å²) < 4.78 is 1.75. The van der Waals surface area contributed by atoms with Crippen molar-refractivity contribution in [1.29, 1.82) is 0 Å². The van der Waals surface area contributed by atoms with Crippen molar-refractivity contribution < 1.29 is 9.79 Å². The van der Waals surface area contributed by atoms with E-state index in [1.54, 1.807) is 4.68 Å². The van der Waals surface area contributed by atoms with Gasteiger partial charge in [0.2, 0.25) is 6.21 Å². The largest absolute Gasteiger partial charge is 0.857 e. The highest BCUT2D eigenvalue weighted by molar-refractivity contribution is 5.78. The van der Waals surface area contributed by atoms with Gasteiger partial charge < -0.3 is 5.11 Å². The molecule has 3 heteroatoms. The normalized spacial score (nSPS) is 21.7. The summed E-state index contributed by atoms with van der Waals surface area (Å²) in [6.07, 6.45) is 2.39. The van der Waals surface area contributed by atoms with Gasteiger partial charge in [0, 0.05) is 31.7 Å². The molecular weight excluding hydrogens is 188 g/mol. The summed E-state index contributed by atoms with van der Waals surface area (Å²) in [6.45, 7) is 4.03. The summed E-state index contributed by atoms with van der Waals surface area (Å²) in [4.78, 5) is 0. The Bertz CT molecular complexity index is 419. The lowest BCUT2D eigenvalue weighted by molar-refractivity contribution is -0.591. The monoisotopic (exact) mass is 202 g/mol. The topological polar surface area (TPSA) is 38.4 Å². The Balaban J connectivity index is 2.35. The molecule has 0 aromatic heterocycles. The third-order valence-corrected chi connectivity index (χ3v) is 2.49. The van der Waals surface area contributed by atoms with Gasteiger partial charge in [0.15, 0.2) is 5.54 Å². The molecule has 0 saturated heterocycles. The van der Waals surface area contributed by atoms with Gasteiger partial charge >= 0.3 is 0 Å². The maximum absolute atomic E-state index is 11.2. The Kier molecular flexibility index (Phi) is 2.31. The second-order valence-electron chi connectivity index (χ2n) is 4.37. The lowest BCUT2D eigenvalue weighted by atomic mass is 10.0. The molecule has 1 aromatic rings. The molecule has 1 aliphatic heterocycles. The SMILES string of the molecule is CC1(C)CC([O-])=N/[N+]1=C/c1ccccc1. The number of benzene rings is 1. The van der Waals surface area contributed by atoms with E-state index in [0.29, 0.717) is 6.42 Å². The molecule has 1 heterocycles. The van der Waals surface area contributed by atoms with E-state index in [-0.39, 0.29) is 11.4 Å². The lowest BCUT2D eigenvalue weighted by Gasteiger charge is -2.10. The van der Waals surface area contributed by atoms with Gasteiger partial charge in [-0.05, 0) is 17.2 Å². The Morgan fingerprint density at radius 3 is 2.53 bits per heavy atom. The fourth-order valence-corrected chi connectivity index (χ4v) is 1.63. The minimum atomic E-state index is -0.201. The fraction of sp³-hybridized carbons (Fsp3) is 0.333. The Hall–Kier alpha value is -1.64. The van der Waals surface area contributed by atoms with Crippen LogP contribution in [-0.4, -0.2) is 22.3 Å². The Morgan fingerprint density at radius 1 is 1.33 bits per heavy atom. The van der Waals surface area contributed by atoms with E-state index in [1.165, 1.54) is 0 Å². The molecule has 0 spiro atoms. The van der Waals surface area contributed by atoms with Gasteiger partial charge in [-0.2, -0.15) is 0 Å². The first-order valence-corrected chi connectivity index (χ1v) is 5.02. The van der Waals surface area contributed by atoms with Crippen molar-refractivity contribution in [3.8, 4) is 0 Å². The standard InChI is InChI=1S/C12H14N2O/c1-12(2)8-11(15)13-14(12)9-10-6-4-3-5-7-10/h3-7,9H,8H2,1-2H3/b14-9+. The molecule has 0 bridgehead atoms. The van der Waals surface area contributed by atoms with Crippen molar-refractivity contribution in [3.63, 3.8) is 0 Å². The second kappa shape index (κ2) is 3.50. The van der Waals surface area contributed by atoms with Crippen molar-refractivity contribution in [2.45, 2.75) is 25.8 Å². The maximum atomic E-state index is 11.2. The van der Waals surface area contributed by atoms with Gasteiger partial charge in [0.25, 0.3) is 0 Å². The molecule has 0 amide bonds. The van der Waals surface area contributed by atoms with Gasteiger partial charge in [0.05, 0.1) is 0 Å². The lowest BCUT2D eigenvalue weighted by Crippen LogP contribution is -2.31. The molecule has 0 unspecified atom stereocenters. The fourth-order valence-electron chi connectivity index (χ4n) is 1.63. The number of rotatable bonds is 1. The van der Waals surface area contributed by atoms with Crippen LogP contribution in [0.25, 0.3) is 0 Å². The van der Waals surface area contributed by atoms with Crippen LogP contribution >= 0.6 is 0 Å². The first-order chi connectivity index (χ1) is 7.08. The van der Waals surface area contributed by atoms with Crippen LogP contribution in [0.1, 0.15) is 25.8 Å². The quantitative estimate of drug-likeness (QED) is 0.625. The van der Waals surface area contributed by atoms with Crippen LogP contribution in [0.4, 0.5) is 0 Å². The zero-order chi connectivity index (χ0) is 10.9. The van der Waals surface area contributed by atoms with Gasteiger partial charge in [-0.1, -0.05) is 22.9 Å². The van der Waals surface area contributed by atoms with Crippen LogP contribution in [0.3, 0.4) is 0 Å². The van der Waals surface area contributed by atoms with E-state index in [2.05, 4.69) is 5.10 Å². The zero-order valence-electron chi connectivity index (χ0n) is 8.97. The van der Waals surface area contributed by atoms with E-state index >= 15 is 0 Å². The molecule has 0 atom stereocenters. The Labute approximate surface area is 89.4 Å². The highest BCUT2D eigenvalue weighted by atomic mass is 16.3. The molecule has 15 heavy (non-hydrogen) atoms. The number of hydrogen-bond acceptors (Lipinski definition) is 2. The van der Waals surface area contributed by atoms with E-state index in [9.17, 15) is 5.11 Å². The van der Waals surface area contributed by atoms with Gasteiger partial charge in [-0.3, -0.25) is 0 Å². The molecule has 0 radical (unpaired) electrons. The number of nitrogens with zero attached hydrogens (tertiary/aromatic N) is 2. The molecular formula is C12H14N2O. The van der Waals surface area contributed by atoms with Gasteiger partial charge in [0.1, 0.15) is 0 Å². The Morgan fingerprint density at radius 2 is 2.00 bits per heavy atom. The molecule has 78 valence electrons. The minimum absolute atomic E-state index is 0.0489. The summed E-state index contributed by atoms with van der Waals surface area (Å²) in [7, 11) is 0. The van der Waals surface area contributed by atoms with Crippen molar-refractivity contribution in [1.82, 2.24) is 0 Å². The molecule has 0 aliphatic carbocycles. The highest BCUT2D eigenvalue weighted by Crippen LogP contribution is 2.20. The summed E-state index contributed by atoms with van der Waals surface area (Å²) in [5.41, 5.74) is 0.858. The summed E-state index contributed by atoms with van der Waals surface area (Å²) in [6, 6.07) is 9.89. The third-order valence-electron chi connectivity index (χ3n) is 2.49.